The minimum Gasteiger partial charge on any atom is -0.353 e. The highest BCUT2D eigenvalue weighted by Crippen LogP contribution is 2.29. The van der Waals surface area contributed by atoms with Crippen molar-refractivity contribution in [2.75, 3.05) is 11.9 Å². The van der Waals surface area contributed by atoms with Crippen LogP contribution in [0.5, 0.6) is 0 Å². The first kappa shape index (κ1) is 20.8. The Kier molecular flexibility index (Phi) is 6.40. The van der Waals surface area contributed by atoms with Crippen molar-refractivity contribution in [3.63, 3.8) is 0 Å². The molecule has 3 atom stereocenters. The standard InChI is InChI=1S/C20H29N3O4S/c1-13-4-3-5-17(14(13)2)22-20(25)10-11-21-28(26,27)16-7-8-18-15(12-16)6-9-19(24)23-18/h7-8,12-14,17,21H,3-6,9-11H2,1-2H3,(H,22,25)(H,23,24). The second-order valence-corrected chi connectivity index (χ2v) is 9.72. The van der Waals surface area contributed by atoms with E-state index in [1.807, 2.05) is 0 Å². The van der Waals surface area contributed by atoms with Gasteiger partial charge in [0.25, 0.3) is 0 Å². The number of fused-ring (bicyclic) bond motifs is 1. The molecule has 1 aliphatic heterocycles. The highest BCUT2D eigenvalue weighted by atomic mass is 32.2. The summed E-state index contributed by atoms with van der Waals surface area (Å²) in [5.74, 6) is 0.840. The van der Waals surface area contributed by atoms with Crippen LogP contribution in [0.15, 0.2) is 23.1 Å². The number of carbonyl (C=O) groups is 2. The zero-order chi connectivity index (χ0) is 20.3. The van der Waals surface area contributed by atoms with Crippen molar-refractivity contribution in [2.24, 2.45) is 11.8 Å². The summed E-state index contributed by atoms with van der Waals surface area (Å²) >= 11 is 0. The van der Waals surface area contributed by atoms with Gasteiger partial charge in [0.2, 0.25) is 21.8 Å². The van der Waals surface area contributed by atoms with E-state index >= 15 is 0 Å². The first-order valence-corrected chi connectivity index (χ1v) is 11.5. The van der Waals surface area contributed by atoms with Gasteiger partial charge in [-0.05, 0) is 48.4 Å². The predicted octanol–water partition coefficient (Wildman–Crippen LogP) is 2.18. The van der Waals surface area contributed by atoms with Crippen molar-refractivity contribution in [3.8, 4) is 0 Å². The third-order valence-corrected chi connectivity index (χ3v) is 7.44. The Morgan fingerprint density at radius 1 is 1.21 bits per heavy atom. The number of carbonyl (C=O) groups excluding carboxylic acids is 2. The number of rotatable bonds is 6. The normalized spacial score (nSPS) is 24.9. The Hall–Kier alpha value is -1.93. The fourth-order valence-corrected chi connectivity index (χ4v) is 5.06. The molecular formula is C20H29N3O4S. The fourth-order valence-electron chi connectivity index (χ4n) is 3.97. The molecule has 3 unspecified atom stereocenters. The highest BCUT2D eigenvalue weighted by Gasteiger charge is 2.28. The van der Waals surface area contributed by atoms with E-state index in [0.29, 0.717) is 30.4 Å². The van der Waals surface area contributed by atoms with Crippen LogP contribution < -0.4 is 15.4 Å². The molecule has 1 fully saturated rings. The molecular weight excluding hydrogens is 378 g/mol. The molecule has 8 heteroatoms. The number of hydrogen-bond donors (Lipinski definition) is 3. The lowest BCUT2D eigenvalue weighted by atomic mass is 9.78. The van der Waals surface area contributed by atoms with E-state index in [0.717, 1.165) is 18.4 Å². The molecule has 0 saturated heterocycles. The molecule has 1 aliphatic carbocycles. The van der Waals surface area contributed by atoms with Crippen LogP contribution in [0.3, 0.4) is 0 Å². The highest BCUT2D eigenvalue weighted by molar-refractivity contribution is 7.89. The maximum atomic E-state index is 12.5. The zero-order valence-electron chi connectivity index (χ0n) is 16.5. The summed E-state index contributed by atoms with van der Waals surface area (Å²) in [5.41, 5.74) is 1.46. The van der Waals surface area contributed by atoms with E-state index in [1.54, 1.807) is 12.1 Å². The quantitative estimate of drug-likeness (QED) is 0.672. The maximum Gasteiger partial charge on any atom is 0.240 e. The average Bonchev–Trinajstić information content (AvgIpc) is 2.65. The van der Waals surface area contributed by atoms with Gasteiger partial charge in [-0.3, -0.25) is 9.59 Å². The first-order valence-electron chi connectivity index (χ1n) is 9.98. The van der Waals surface area contributed by atoms with Gasteiger partial charge in [-0.1, -0.05) is 26.7 Å². The lowest BCUT2D eigenvalue weighted by Crippen LogP contribution is -2.44. The van der Waals surface area contributed by atoms with Crippen LogP contribution in [0, 0.1) is 11.8 Å². The summed E-state index contributed by atoms with van der Waals surface area (Å²) in [6.07, 6.45) is 4.26. The van der Waals surface area contributed by atoms with Gasteiger partial charge < -0.3 is 10.6 Å². The van der Waals surface area contributed by atoms with Crippen LogP contribution in [-0.2, 0) is 26.0 Å². The van der Waals surface area contributed by atoms with Crippen molar-refractivity contribution in [1.82, 2.24) is 10.0 Å². The molecule has 0 aromatic heterocycles. The molecule has 2 amide bonds. The molecule has 0 spiro atoms. The van der Waals surface area contributed by atoms with Gasteiger partial charge in [0.05, 0.1) is 4.90 Å². The molecule has 1 aromatic carbocycles. The Morgan fingerprint density at radius 3 is 2.79 bits per heavy atom. The first-order chi connectivity index (χ1) is 13.3. The second-order valence-electron chi connectivity index (χ2n) is 7.96. The summed E-state index contributed by atoms with van der Waals surface area (Å²) in [4.78, 5) is 23.8. The van der Waals surface area contributed by atoms with Crippen molar-refractivity contribution in [2.45, 2.75) is 63.3 Å². The van der Waals surface area contributed by atoms with Gasteiger partial charge >= 0.3 is 0 Å². The van der Waals surface area contributed by atoms with E-state index in [2.05, 4.69) is 29.2 Å². The largest absolute Gasteiger partial charge is 0.353 e. The molecule has 0 bridgehead atoms. The van der Waals surface area contributed by atoms with Crippen LogP contribution in [0.1, 0.15) is 51.5 Å². The third kappa shape index (κ3) is 4.91. The molecule has 2 aliphatic rings. The SMILES string of the molecule is CC1CCCC(NC(=O)CCNS(=O)(=O)c2ccc3c(c2)CCC(=O)N3)C1C. The Balaban J connectivity index is 1.52. The fraction of sp³-hybridized carbons (Fsp3) is 0.600. The Morgan fingerprint density at radius 2 is 2.00 bits per heavy atom. The van der Waals surface area contributed by atoms with Gasteiger partial charge in [0.1, 0.15) is 0 Å². The van der Waals surface area contributed by atoms with Crippen molar-refractivity contribution in [3.05, 3.63) is 23.8 Å². The van der Waals surface area contributed by atoms with Gasteiger partial charge in [-0.25, -0.2) is 13.1 Å². The van der Waals surface area contributed by atoms with Crippen LogP contribution in [0.25, 0.3) is 0 Å². The molecule has 1 heterocycles. The van der Waals surface area contributed by atoms with E-state index in [1.165, 1.54) is 12.5 Å². The van der Waals surface area contributed by atoms with Crippen LogP contribution in [0.4, 0.5) is 5.69 Å². The third-order valence-electron chi connectivity index (χ3n) is 5.98. The molecule has 3 rings (SSSR count). The van der Waals surface area contributed by atoms with Crippen molar-refractivity contribution < 1.29 is 18.0 Å². The number of benzene rings is 1. The zero-order valence-corrected chi connectivity index (χ0v) is 17.3. The average molecular weight is 408 g/mol. The minimum absolute atomic E-state index is 0.0542. The molecule has 28 heavy (non-hydrogen) atoms. The van der Waals surface area contributed by atoms with Crippen LogP contribution >= 0.6 is 0 Å². The molecule has 0 radical (unpaired) electrons. The van der Waals surface area contributed by atoms with Crippen molar-refractivity contribution >= 4 is 27.5 Å². The number of aryl methyl sites for hydroxylation is 1. The second kappa shape index (κ2) is 8.61. The van der Waals surface area contributed by atoms with Crippen LogP contribution in [0.2, 0.25) is 0 Å². The van der Waals surface area contributed by atoms with Gasteiger partial charge in [-0.2, -0.15) is 0 Å². The molecule has 154 valence electrons. The van der Waals surface area contributed by atoms with E-state index in [4.69, 9.17) is 0 Å². The minimum atomic E-state index is -3.70. The molecule has 7 nitrogen and oxygen atoms in total. The molecule has 3 N–H and O–H groups in total. The van der Waals surface area contributed by atoms with Gasteiger partial charge in [-0.15, -0.1) is 0 Å². The summed E-state index contributed by atoms with van der Waals surface area (Å²) in [7, 11) is -3.70. The number of nitrogens with one attached hydrogen (secondary N) is 3. The Bertz CT molecular complexity index is 853. The number of anilines is 1. The summed E-state index contributed by atoms with van der Waals surface area (Å²) in [6.45, 7) is 4.43. The smallest absolute Gasteiger partial charge is 0.240 e. The molecule has 1 aromatic rings. The Labute approximate surface area is 166 Å². The summed E-state index contributed by atoms with van der Waals surface area (Å²) in [5, 5.41) is 5.79. The summed E-state index contributed by atoms with van der Waals surface area (Å²) in [6, 6.07) is 4.84. The van der Waals surface area contributed by atoms with Crippen LogP contribution in [-0.4, -0.2) is 32.8 Å². The van der Waals surface area contributed by atoms with Gasteiger partial charge in [0, 0.05) is 31.1 Å². The lowest BCUT2D eigenvalue weighted by Gasteiger charge is -2.34. The maximum absolute atomic E-state index is 12.5. The van der Waals surface area contributed by atoms with Crippen molar-refractivity contribution in [1.29, 1.82) is 0 Å². The lowest BCUT2D eigenvalue weighted by molar-refractivity contribution is -0.122. The monoisotopic (exact) mass is 407 g/mol. The molecule has 1 saturated carbocycles. The number of sulfonamides is 1. The topological polar surface area (TPSA) is 104 Å². The number of amides is 2. The van der Waals surface area contributed by atoms with E-state index in [9.17, 15) is 18.0 Å². The van der Waals surface area contributed by atoms with E-state index in [-0.39, 0.29) is 35.7 Å². The summed E-state index contributed by atoms with van der Waals surface area (Å²) < 4.78 is 27.5. The number of hydrogen-bond acceptors (Lipinski definition) is 4. The predicted molar refractivity (Wildman–Crippen MR) is 107 cm³/mol. The van der Waals surface area contributed by atoms with Gasteiger partial charge in [0.15, 0.2) is 0 Å². The van der Waals surface area contributed by atoms with E-state index < -0.39 is 10.0 Å².